The van der Waals surface area contributed by atoms with Gasteiger partial charge in [0.25, 0.3) is 0 Å². The summed E-state index contributed by atoms with van der Waals surface area (Å²) in [7, 11) is -1.77. The van der Waals surface area contributed by atoms with Crippen molar-refractivity contribution in [3.05, 3.63) is 47.1 Å². The van der Waals surface area contributed by atoms with Gasteiger partial charge in [0, 0.05) is 43.3 Å². The summed E-state index contributed by atoms with van der Waals surface area (Å²) in [4.78, 5) is 25.7. The fourth-order valence-electron chi connectivity index (χ4n) is 4.04. The number of carbonyl (C=O) groups excluding carboxylic acids is 1. The number of amides is 1. The molecule has 1 saturated heterocycles. The van der Waals surface area contributed by atoms with Crippen molar-refractivity contribution in [2.75, 3.05) is 55.1 Å². The number of thiophene rings is 1. The van der Waals surface area contributed by atoms with Gasteiger partial charge in [-0.15, -0.1) is 11.3 Å². The summed E-state index contributed by atoms with van der Waals surface area (Å²) in [5.74, 6) is 0.476. The monoisotopic (exact) mass is 556 g/mol. The van der Waals surface area contributed by atoms with Gasteiger partial charge in [0.1, 0.15) is 17.0 Å². The van der Waals surface area contributed by atoms with Gasteiger partial charge >= 0.3 is 6.18 Å². The minimum atomic E-state index is -4.29. The highest BCUT2D eigenvalue weighted by Gasteiger charge is 2.30. The van der Waals surface area contributed by atoms with Crippen LogP contribution in [0.5, 0.6) is 0 Å². The van der Waals surface area contributed by atoms with Gasteiger partial charge in [0.2, 0.25) is 15.9 Å². The predicted molar refractivity (Wildman–Crippen MR) is 137 cm³/mol. The van der Waals surface area contributed by atoms with Crippen molar-refractivity contribution >= 4 is 49.0 Å². The molecule has 0 radical (unpaired) electrons. The number of aromatic nitrogens is 2. The number of halogens is 3. The number of rotatable bonds is 9. The van der Waals surface area contributed by atoms with Crippen LogP contribution in [0.4, 0.5) is 24.7 Å². The predicted octanol–water partition coefficient (Wildman–Crippen LogP) is 2.65. The van der Waals surface area contributed by atoms with Crippen LogP contribution < -0.4 is 14.9 Å². The van der Waals surface area contributed by atoms with E-state index in [1.165, 1.54) is 12.4 Å². The summed E-state index contributed by atoms with van der Waals surface area (Å²) in [5.41, 5.74) is 1.20. The van der Waals surface area contributed by atoms with E-state index in [0.29, 0.717) is 54.4 Å². The van der Waals surface area contributed by atoms with E-state index in [1.807, 2.05) is 4.90 Å². The van der Waals surface area contributed by atoms with Gasteiger partial charge in [0.15, 0.2) is 0 Å². The first-order valence-corrected chi connectivity index (χ1v) is 14.1. The molecule has 1 aromatic carbocycles. The van der Waals surface area contributed by atoms with Crippen LogP contribution in [0.3, 0.4) is 0 Å². The van der Waals surface area contributed by atoms with Gasteiger partial charge in [-0.3, -0.25) is 9.52 Å². The fourth-order valence-corrected chi connectivity index (χ4v) is 6.13. The maximum absolute atomic E-state index is 12.8. The zero-order valence-corrected chi connectivity index (χ0v) is 21.7. The van der Waals surface area contributed by atoms with Crippen molar-refractivity contribution in [1.29, 1.82) is 0 Å². The van der Waals surface area contributed by atoms with Gasteiger partial charge in [-0.05, 0) is 30.8 Å². The lowest BCUT2D eigenvalue weighted by molar-refractivity contribution is -0.130. The van der Waals surface area contributed by atoms with E-state index in [2.05, 4.69) is 20.0 Å². The number of fused-ring (bicyclic) bond motifs is 1. The van der Waals surface area contributed by atoms with Crippen LogP contribution in [0.2, 0.25) is 0 Å². The lowest BCUT2D eigenvalue weighted by atomic mass is 10.1. The molecule has 1 aliphatic heterocycles. The van der Waals surface area contributed by atoms with Gasteiger partial charge in [-0.25, -0.2) is 18.4 Å². The molecule has 0 bridgehead atoms. The Balaban J connectivity index is 1.33. The van der Waals surface area contributed by atoms with Crippen molar-refractivity contribution in [3.63, 3.8) is 0 Å². The molecule has 0 atom stereocenters. The highest BCUT2D eigenvalue weighted by molar-refractivity contribution is 7.92. The first-order chi connectivity index (χ1) is 17.5. The third-order valence-corrected chi connectivity index (χ3v) is 8.20. The average molecular weight is 557 g/mol. The second-order valence-corrected chi connectivity index (χ2v) is 11.6. The summed E-state index contributed by atoms with van der Waals surface area (Å²) >= 11 is 1.01. The number of benzene rings is 1. The van der Waals surface area contributed by atoms with Crippen molar-refractivity contribution in [2.24, 2.45) is 0 Å². The summed E-state index contributed by atoms with van der Waals surface area (Å²) < 4.78 is 65.0. The SMILES string of the molecule is CNCCS(=O)(=O)Nc1ccc(CC(=O)N2CCN(c3ncnc4sc(CC(F)(F)F)cc34)CC2)cc1. The molecule has 1 amide bonds. The molecule has 1 fully saturated rings. The minimum Gasteiger partial charge on any atom is -0.352 e. The molecule has 0 aliphatic carbocycles. The molecule has 2 aromatic heterocycles. The van der Waals surface area contributed by atoms with E-state index in [4.69, 9.17) is 0 Å². The maximum Gasteiger partial charge on any atom is 0.393 e. The second kappa shape index (κ2) is 11.2. The number of hydrogen-bond acceptors (Lipinski definition) is 8. The van der Waals surface area contributed by atoms with E-state index in [1.54, 1.807) is 36.2 Å². The number of alkyl halides is 3. The highest BCUT2D eigenvalue weighted by Crippen LogP contribution is 2.34. The van der Waals surface area contributed by atoms with Gasteiger partial charge < -0.3 is 15.1 Å². The zero-order valence-electron chi connectivity index (χ0n) is 20.1. The molecule has 200 valence electrons. The molecule has 14 heteroatoms. The molecular formula is C23H27F3N6O3S2. The Kier molecular flexibility index (Phi) is 8.19. The van der Waals surface area contributed by atoms with Crippen LogP contribution in [0.1, 0.15) is 10.4 Å². The molecule has 1 aliphatic rings. The molecule has 2 N–H and O–H groups in total. The topological polar surface area (TPSA) is 108 Å². The Morgan fingerprint density at radius 1 is 1.11 bits per heavy atom. The lowest BCUT2D eigenvalue weighted by Crippen LogP contribution is -2.49. The summed E-state index contributed by atoms with van der Waals surface area (Å²) in [6, 6.07) is 8.20. The van der Waals surface area contributed by atoms with Crippen LogP contribution in [0, 0.1) is 0 Å². The Bertz CT molecular complexity index is 1340. The number of nitrogens with one attached hydrogen (secondary N) is 2. The van der Waals surface area contributed by atoms with Crippen molar-refractivity contribution in [1.82, 2.24) is 20.2 Å². The smallest absolute Gasteiger partial charge is 0.352 e. The lowest BCUT2D eigenvalue weighted by Gasteiger charge is -2.35. The standard InChI is InChI=1S/C23H27F3N6O3S2/c1-27-6-11-37(34,35)30-17-4-2-16(3-5-17)12-20(33)31-7-9-32(10-8-31)21-19-13-18(14-23(24,25)26)36-22(19)29-15-28-21/h2-5,13,15,27,30H,6-12,14H2,1H3. The Morgan fingerprint density at radius 3 is 2.46 bits per heavy atom. The second-order valence-electron chi connectivity index (χ2n) is 8.69. The van der Waals surface area contributed by atoms with Crippen LogP contribution >= 0.6 is 11.3 Å². The van der Waals surface area contributed by atoms with Crippen molar-refractivity contribution in [3.8, 4) is 0 Å². The summed E-state index contributed by atoms with van der Waals surface area (Å²) in [6.45, 7) is 2.23. The molecule has 37 heavy (non-hydrogen) atoms. The minimum absolute atomic E-state index is 0.0443. The van der Waals surface area contributed by atoms with E-state index in [9.17, 15) is 26.4 Å². The molecule has 9 nitrogen and oxygen atoms in total. The largest absolute Gasteiger partial charge is 0.393 e. The third-order valence-electron chi connectivity index (χ3n) is 5.87. The van der Waals surface area contributed by atoms with Gasteiger partial charge in [-0.2, -0.15) is 13.2 Å². The van der Waals surface area contributed by atoms with Crippen molar-refractivity contribution < 1.29 is 26.4 Å². The van der Waals surface area contributed by atoms with E-state index in [-0.39, 0.29) is 23.0 Å². The maximum atomic E-state index is 12.8. The molecular weight excluding hydrogens is 529 g/mol. The Hall–Kier alpha value is -2.97. The number of sulfonamides is 1. The van der Waals surface area contributed by atoms with E-state index >= 15 is 0 Å². The highest BCUT2D eigenvalue weighted by atomic mass is 32.2. The summed E-state index contributed by atoms with van der Waals surface area (Å²) in [6.07, 6.45) is -3.76. The molecule has 3 aromatic rings. The van der Waals surface area contributed by atoms with E-state index < -0.39 is 22.6 Å². The Labute approximate surface area is 216 Å². The van der Waals surface area contributed by atoms with Crippen LogP contribution in [-0.2, 0) is 27.7 Å². The molecule has 4 rings (SSSR count). The number of carbonyl (C=O) groups is 1. The van der Waals surface area contributed by atoms with Gasteiger partial charge in [0.05, 0.1) is 24.0 Å². The first-order valence-electron chi connectivity index (χ1n) is 11.6. The summed E-state index contributed by atoms with van der Waals surface area (Å²) in [5, 5.41) is 3.38. The normalized spacial score (nSPS) is 14.8. The van der Waals surface area contributed by atoms with Crippen LogP contribution in [-0.4, -0.2) is 80.9 Å². The average Bonchev–Trinajstić information content (AvgIpc) is 3.25. The van der Waals surface area contributed by atoms with Crippen molar-refractivity contribution in [2.45, 2.75) is 19.0 Å². The quantitative estimate of drug-likeness (QED) is 0.417. The number of piperazine rings is 1. The van der Waals surface area contributed by atoms with Crippen LogP contribution in [0.25, 0.3) is 10.2 Å². The molecule has 0 unspecified atom stereocenters. The molecule has 0 spiro atoms. The van der Waals surface area contributed by atoms with E-state index in [0.717, 1.165) is 16.9 Å². The third kappa shape index (κ3) is 7.29. The number of anilines is 2. The van der Waals surface area contributed by atoms with Gasteiger partial charge in [-0.1, -0.05) is 12.1 Å². The van der Waals surface area contributed by atoms with Crippen LogP contribution in [0.15, 0.2) is 36.7 Å². The molecule has 3 heterocycles. The Morgan fingerprint density at radius 2 is 1.81 bits per heavy atom. The molecule has 0 saturated carbocycles. The number of nitrogens with zero attached hydrogens (tertiary/aromatic N) is 4. The number of hydrogen-bond donors (Lipinski definition) is 2. The zero-order chi connectivity index (χ0) is 26.6. The fraction of sp³-hybridized carbons (Fsp3) is 0.435. The first kappa shape index (κ1) is 27.1.